The number of hydrogen-bond acceptors (Lipinski definition) is 2. The van der Waals surface area contributed by atoms with E-state index in [1.807, 2.05) is 18.2 Å². The highest BCUT2D eigenvalue weighted by Gasteiger charge is 2.19. The highest BCUT2D eigenvalue weighted by molar-refractivity contribution is 6.10. The van der Waals surface area contributed by atoms with Gasteiger partial charge in [0.2, 0.25) is 0 Å². The highest BCUT2D eigenvalue weighted by atomic mass is 15.0. The Labute approximate surface area is 360 Å². The van der Waals surface area contributed by atoms with Crippen molar-refractivity contribution < 1.29 is 0 Å². The van der Waals surface area contributed by atoms with Crippen molar-refractivity contribution in [2.75, 3.05) is 0 Å². The van der Waals surface area contributed by atoms with Crippen molar-refractivity contribution in [1.82, 2.24) is 19.1 Å². The van der Waals surface area contributed by atoms with Gasteiger partial charge in [0.05, 0.1) is 33.5 Å². The minimum atomic E-state index is 0.628. The fraction of sp³-hybridized carbons (Fsp3) is 0. The molecule has 4 nitrogen and oxygen atoms in total. The first kappa shape index (κ1) is 36.7. The van der Waals surface area contributed by atoms with Gasteiger partial charge in [0, 0.05) is 49.6 Å². The van der Waals surface area contributed by atoms with Gasteiger partial charge in [-0.15, -0.1) is 0 Å². The largest absolute Gasteiger partial charge is 0.309 e. The SMILES string of the molecule is C=C/C=C(\C=C)c1cccc(-c2cc(-c3cccc(-c4ccccc4)c3)nc(-c3cc(-n4c5ccccc5c5ccccc54)cc(-n4c5ccccc5c5ccccc54)c3)n2)c1. The average Bonchev–Trinajstić information content (AvgIpc) is 3.86. The van der Waals surface area contributed by atoms with Crippen LogP contribution in [0.4, 0.5) is 0 Å². The van der Waals surface area contributed by atoms with E-state index in [9.17, 15) is 0 Å². The molecule has 0 N–H and O–H groups in total. The van der Waals surface area contributed by atoms with Crippen LogP contribution in [0.25, 0.3) is 106 Å². The van der Waals surface area contributed by atoms with Crippen LogP contribution in [0.2, 0.25) is 0 Å². The Morgan fingerprint density at radius 3 is 1.35 bits per heavy atom. The average molecular weight is 793 g/mol. The topological polar surface area (TPSA) is 35.6 Å². The maximum atomic E-state index is 5.46. The maximum absolute atomic E-state index is 5.46. The van der Waals surface area contributed by atoms with Gasteiger partial charge < -0.3 is 9.13 Å². The van der Waals surface area contributed by atoms with E-state index in [0.717, 1.165) is 83.8 Å². The number of aromatic nitrogens is 4. The molecule has 0 saturated carbocycles. The molecule has 0 amide bonds. The third-order valence-corrected chi connectivity index (χ3v) is 11.8. The number of rotatable bonds is 9. The molecule has 4 heteroatoms. The first-order valence-electron chi connectivity index (χ1n) is 20.9. The van der Waals surface area contributed by atoms with E-state index in [0.29, 0.717) is 5.82 Å². The number of fused-ring (bicyclic) bond motifs is 6. The fourth-order valence-corrected chi connectivity index (χ4v) is 9.01. The van der Waals surface area contributed by atoms with Crippen LogP contribution >= 0.6 is 0 Å². The Morgan fingerprint density at radius 1 is 0.387 bits per heavy atom. The summed E-state index contributed by atoms with van der Waals surface area (Å²) in [6.07, 6.45) is 5.64. The third kappa shape index (κ3) is 6.34. The molecule has 0 aliphatic carbocycles. The molecule has 0 bridgehead atoms. The first-order valence-corrected chi connectivity index (χ1v) is 20.9. The summed E-state index contributed by atoms with van der Waals surface area (Å²) in [4.78, 5) is 10.9. The molecule has 0 aliphatic rings. The van der Waals surface area contributed by atoms with Gasteiger partial charge in [-0.2, -0.15) is 0 Å². The molecule has 0 aliphatic heterocycles. The summed E-state index contributed by atoms with van der Waals surface area (Å²) in [6.45, 7) is 8.03. The van der Waals surface area contributed by atoms with Gasteiger partial charge in [0.15, 0.2) is 5.82 Å². The van der Waals surface area contributed by atoms with E-state index in [-0.39, 0.29) is 0 Å². The Hall–Kier alpha value is -8.34. The van der Waals surface area contributed by atoms with Crippen LogP contribution in [0, 0.1) is 0 Å². The van der Waals surface area contributed by atoms with Crippen LogP contribution in [0.15, 0.2) is 232 Å². The molecule has 3 heterocycles. The lowest BCUT2D eigenvalue weighted by molar-refractivity contribution is 1.12. The normalized spacial score (nSPS) is 11.8. The summed E-state index contributed by atoms with van der Waals surface area (Å²) < 4.78 is 4.76. The monoisotopic (exact) mass is 792 g/mol. The van der Waals surface area contributed by atoms with Gasteiger partial charge in [-0.25, -0.2) is 9.97 Å². The molecule has 0 unspecified atom stereocenters. The van der Waals surface area contributed by atoms with E-state index in [2.05, 4.69) is 216 Å². The molecule has 0 spiro atoms. The summed E-state index contributed by atoms with van der Waals surface area (Å²) in [5.41, 5.74) is 15.4. The molecule has 0 radical (unpaired) electrons. The van der Waals surface area contributed by atoms with Gasteiger partial charge in [-0.3, -0.25) is 0 Å². The molecular weight excluding hydrogens is 753 g/mol. The molecule has 8 aromatic carbocycles. The third-order valence-electron chi connectivity index (χ3n) is 11.8. The second-order valence-corrected chi connectivity index (χ2v) is 15.5. The maximum Gasteiger partial charge on any atom is 0.160 e. The lowest BCUT2D eigenvalue weighted by Crippen LogP contribution is -2.02. The van der Waals surface area contributed by atoms with E-state index >= 15 is 0 Å². The zero-order valence-electron chi connectivity index (χ0n) is 34.0. The molecule has 3 aromatic heterocycles. The predicted octanol–water partition coefficient (Wildman–Crippen LogP) is 15.1. The lowest BCUT2D eigenvalue weighted by Gasteiger charge is -2.16. The molecule has 11 aromatic rings. The molecule has 0 fully saturated rings. The van der Waals surface area contributed by atoms with Gasteiger partial charge in [0.1, 0.15) is 0 Å². The lowest BCUT2D eigenvalue weighted by atomic mass is 9.99. The van der Waals surface area contributed by atoms with Gasteiger partial charge >= 0.3 is 0 Å². The molecule has 0 saturated heterocycles. The highest BCUT2D eigenvalue weighted by Crippen LogP contribution is 2.39. The molecule has 0 atom stereocenters. The zero-order chi connectivity index (χ0) is 41.6. The van der Waals surface area contributed by atoms with Crippen LogP contribution in [-0.4, -0.2) is 19.1 Å². The second kappa shape index (κ2) is 15.4. The molecule has 11 rings (SSSR count). The molecular formula is C58H40N4. The first-order chi connectivity index (χ1) is 30.6. The number of nitrogens with zero attached hydrogens (tertiary/aromatic N) is 4. The van der Waals surface area contributed by atoms with E-state index in [1.54, 1.807) is 6.08 Å². The summed E-state index contributed by atoms with van der Waals surface area (Å²) in [6, 6.07) is 71.1. The summed E-state index contributed by atoms with van der Waals surface area (Å²) in [7, 11) is 0. The van der Waals surface area contributed by atoms with Crippen LogP contribution in [-0.2, 0) is 0 Å². The van der Waals surface area contributed by atoms with Gasteiger partial charge in [-0.1, -0.05) is 171 Å². The van der Waals surface area contributed by atoms with Crippen LogP contribution < -0.4 is 0 Å². The van der Waals surface area contributed by atoms with Crippen molar-refractivity contribution >= 4 is 49.2 Å². The van der Waals surface area contributed by atoms with Crippen molar-refractivity contribution in [3.05, 3.63) is 237 Å². The van der Waals surface area contributed by atoms with Crippen LogP contribution in [0.3, 0.4) is 0 Å². The van der Waals surface area contributed by atoms with E-state index in [1.165, 1.54) is 21.5 Å². The van der Waals surface area contributed by atoms with Crippen LogP contribution in [0.1, 0.15) is 5.56 Å². The Kier molecular flexibility index (Phi) is 9.10. The zero-order valence-corrected chi connectivity index (χ0v) is 34.0. The summed E-state index contributed by atoms with van der Waals surface area (Å²) >= 11 is 0. The quantitative estimate of drug-likeness (QED) is 0.137. The summed E-state index contributed by atoms with van der Waals surface area (Å²) in [5, 5.41) is 4.81. The Morgan fingerprint density at radius 2 is 0.839 bits per heavy atom. The molecule has 292 valence electrons. The summed E-state index contributed by atoms with van der Waals surface area (Å²) in [5.74, 6) is 0.628. The number of benzene rings is 8. The number of hydrogen-bond donors (Lipinski definition) is 0. The van der Waals surface area contributed by atoms with E-state index in [4.69, 9.17) is 9.97 Å². The van der Waals surface area contributed by atoms with Crippen molar-refractivity contribution in [3.8, 4) is 56.4 Å². The van der Waals surface area contributed by atoms with Crippen molar-refractivity contribution in [2.45, 2.75) is 0 Å². The number of para-hydroxylation sites is 4. The fourth-order valence-electron chi connectivity index (χ4n) is 9.01. The van der Waals surface area contributed by atoms with E-state index < -0.39 is 0 Å². The smallest absolute Gasteiger partial charge is 0.160 e. The predicted molar refractivity (Wildman–Crippen MR) is 261 cm³/mol. The second-order valence-electron chi connectivity index (χ2n) is 15.5. The Balaban J connectivity index is 1.21. The van der Waals surface area contributed by atoms with Crippen LogP contribution in [0.5, 0.6) is 0 Å². The standard InChI is InChI=1S/C58H40N4/c1-3-18-39(4-2)41-21-16-23-43(33-41)52-38-53(44-24-17-22-42(34-44)40-19-6-5-7-20-40)60-58(59-52)45-35-46(61-54-29-12-8-25-48(54)49-26-9-13-30-55(49)61)37-47(36-45)62-56-31-14-10-27-50(56)51-28-11-15-32-57(51)62/h3-38H,1-2H2/b39-18+. The Bertz CT molecular complexity index is 3330. The minimum Gasteiger partial charge on any atom is -0.309 e. The van der Waals surface area contributed by atoms with Crippen molar-refractivity contribution in [3.63, 3.8) is 0 Å². The number of allylic oxidation sites excluding steroid dienone is 4. The van der Waals surface area contributed by atoms with Gasteiger partial charge in [-0.05, 0) is 82.9 Å². The molecule has 62 heavy (non-hydrogen) atoms. The van der Waals surface area contributed by atoms with Crippen molar-refractivity contribution in [1.29, 1.82) is 0 Å². The minimum absolute atomic E-state index is 0.628. The van der Waals surface area contributed by atoms with Gasteiger partial charge in [0.25, 0.3) is 0 Å². The van der Waals surface area contributed by atoms with Crippen molar-refractivity contribution in [2.24, 2.45) is 0 Å².